The van der Waals surface area contributed by atoms with Crippen LogP contribution in [-0.4, -0.2) is 236 Å². The molecule has 0 atom stereocenters. The molecule has 662 valence electrons. The van der Waals surface area contributed by atoms with Crippen LogP contribution in [0.5, 0.6) is 0 Å². The number of methoxy groups -OCH3 is 3. The summed E-state index contributed by atoms with van der Waals surface area (Å²) in [6, 6.07) is 0. The van der Waals surface area contributed by atoms with E-state index in [1.54, 1.807) is 21.3 Å². The van der Waals surface area contributed by atoms with Crippen LogP contribution in [0.2, 0.25) is 0 Å². The van der Waals surface area contributed by atoms with Crippen molar-refractivity contribution in [2.75, 3.05) is 199 Å². The first kappa shape index (κ1) is 113. The van der Waals surface area contributed by atoms with Gasteiger partial charge in [0.25, 0.3) is 0 Å². The highest BCUT2D eigenvalue weighted by atomic mass is 16.7. The van der Waals surface area contributed by atoms with Gasteiger partial charge in [0.2, 0.25) is 0 Å². The van der Waals surface area contributed by atoms with Crippen LogP contribution < -0.4 is 0 Å². The van der Waals surface area contributed by atoms with Gasteiger partial charge in [-0.05, 0) is 90.6 Å². The summed E-state index contributed by atoms with van der Waals surface area (Å²) >= 11 is 0. The third kappa shape index (κ3) is 95.3. The Morgan fingerprint density at radius 2 is 0.445 bits per heavy atom. The minimum Gasteiger partial charge on any atom is -0.464 e. The summed E-state index contributed by atoms with van der Waals surface area (Å²) in [5.74, 6) is -0.0563. The third-order valence-corrected chi connectivity index (χ3v) is 21.0. The van der Waals surface area contributed by atoms with E-state index in [0.29, 0.717) is 66.3 Å². The summed E-state index contributed by atoms with van der Waals surface area (Å²) in [5, 5.41) is 0. The molecule has 0 N–H and O–H groups in total. The van der Waals surface area contributed by atoms with E-state index in [4.69, 9.17) is 47.4 Å². The molecule has 0 aromatic rings. The first-order valence-corrected chi connectivity index (χ1v) is 47.5. The Balaban J connectivity index is -0.00000132. The molecule has 17 nitrogen and oxygen atoms in total. The quantitative estimate of drug-likeness (QED) is 0.0323. The Morgan fingerprint density at radius 1 is 0.255 bits per heavy atom. The second-order valence-corrected chi connectivity index (χ2v) is 31.5. The molecule has 0 bridgehead atoms. The summed E-state index contributed by atoms with van der Waals surface area (Å²) in [6.45, 7) is 41.3. The standard InChI is InChI=1S/C24H47NO3.C24H51N.C18H35NO3.C15H33N.C12H27NO6/c1-2-3-4-5-6-7-8-9-10-11-12-13-14-15-16-17-24(26)28-23-20-25-18-21-27-22-19-25;1-4-7-10-13-16-19-22-25(23-20-17-14-11-8-5-2)24-21-18-15-12-9-6-3;1-2-3-4-5-6-7-8-9-10-11-18(20)22-17-14-19-12-15-21-16-13-19;1-4-7-10-13-16(14-11-8-5-2)15-12-9-6-3;1-14-10-17-7-4-13(5-8-18-11-15-2)6-9-19-12-16-3/h2-23H2,1H3;4-24H2,1-3H3;2-17H2,1H3;4-15H2,1-3H3;4-12H2,1-3H3. The SMILES string of the molecule is CCCCCCCCCCCC(=O)OCCN1CCOCC1.CCCCCCCCCCCCCCCCCC(=O)OCCN1CCOCC1.CCCCCCCCN(CCCCCCCC)CCCCCCCC.CCCCCN(CCCCC)CCCCC.COCOCCN(CCOCOC)CCOCOC. The Bertz CT molecular complexity index is 1580. The highest BCUT2D eigenvalue weighted by molar-refractivity contribution is 5.69. The second kappa shape index (κ2) is 102. The third-order valence-electron chi connectivity index (χ3n) is 21.0. The smallest absolute Gasteiger partial charge is 0.305 e. The van der Waals surface area contributed by atoms with Crippen molar-refractivity contribution in [3.63, 3.8) is 0 Å². The van der Waals surface area contributed by atoms with Gasteiger partial charge in [-0.1, -0.05) is 331 Å². The highest BCUT2D eigenvalue weighted by Gasteiger charge is 2.14. The van der Waals surface area contributed by atoms with Gasteiger partial charge in [0, 0.05) is 93.1 Å². The van der Waals surface area contributed by atoms with E-state index < -0.39 is 0 Å². The number of unbranched alkanes of at least 4 members (excludes halogenated alkanes) is 43. The van der Waals surface area contributed by atoms with Crippen molar-refractivity contribution in [2.24, 2.45) is 0 Å². The van der Waals surface area contributed by atoms with Crippen LogP contribution >= 0.6 is 0 Å². The van der Waals surface area contributed by atoms with Gasteiger partial charge in [-0.3, -0.25) is 24.3 Å². The van der Waals surface area contributed by atoms with Crippen LogP contribution in [0.15, 0.2) is 0 Å². The summed E-state index contributed by atoms with van der Waals surface area (Å²) in [4.78, 5) is 35.6. The largest absolute Gasteiger partial charge is 0.464 e. The summed E-state index contributed by atoms with van der Waals surface area (Å²) in [6.07, 6.45) is 71.1. The second-order valence-electron chi connectivity index (χ2n) is 31.5. The molecular formula is C93H193N5O12. The van der Waals surface area contributed by atoms with Crippen molar-refractivity contribution in [1.29, 1.82) is 0 Å². The fraction of sp³-hybridized carbons (Fsp3) is 0.978. The van der Waals surface area contributed by atoms with Crippen LogP contribution in [-0.2, 0) is 57.0 Å². The van der Waals surface area contributed by atoms with E-state index in [2.05, 4.69) is 79.9 Å². The number of ether oxygens (including phenoxy) is 10. The molecule has 0 radical (unpaired) electrons. The maximum absolute atomic E-state index is 11.8. The predicted octanol–water partition coefficient (Wildman–Crippen LogP) is 23.3. The average molecular weight is 1570 g/mol. The molecule has 0 aliphatic carbocycles. The van der Waals surface area contributed by atoms with Crippen molar-refractivity contribution in [1.82, 2.24) is 24.5 Å². The van der Waals surface area contributed by atoms with E-state index in [0.717, 1.165) is 111 Å². The molecule has 0 spiro atoms. The average Bonchev–Trinajstić information content (AvgIpc) is 0.991. The molecule has 2 rings (SSSR count). The van der Waals surface area contributed by atoms with E-state index in [-0.39, 0.29) is 11.9 Å². The summed E-state index contributed by atoms with van der Waals surface area (Å²) in [5.41, 5.74) is 0. The van der Waals surface area contributed by atoms with Gasteiger partial charge < -0.3 is 57.2 Å². The number of carbonyl (C=O) groups excluding carboxylic acids is 2. The zero-order valence-corrected chi connectivity index (χ0v) is 75.7. The molecule has 2 saturated heterocycles. The van der Waals surface area contributed by atoms with Crippen LogP contribution in [0.3, 0.4) is 0 Å². The zero-order chi connectivity index (χ0) is 80.7. The molecule has 17 heteroatoms. The molecular weight excluding hydrogens is 1380 g/mol. The molecule has 0 aromatic carbocycles. The first-order valence-electron chi connectivity index (χ1n) is 47.5. The molecule has 2 fully saturated rings. The molecule has 0 unspecified atom stereocenters. The van der Waals surface area contributed by atoms with Crippen LogP contribution in [0.1, 0.15) is 396 Å². The van der Waals surface area contributed by atoms with Gasteiger partial charge >= 0.3 is 11.9 Å². The minimum absolute atomic E-state index is 0.0250. The number of hydrogen-bond donors (Lipinski definition) is 0. The topological polar surface area (TPSA) is 143 Å². The van der Waals surface area contributed by atoms with E-state index in [9.17, 15) is 9.59 Å². The lowest BCUT2D eigenvalue weighted by Gasteiger charge is -2.26. The van der Waals surface area contributed by atoms with Gasteiger partial charge in [-0.2, -0.15) is 0 Å². The maximum Gasteiger partial charge on any atom is 0.305 e. The Kier molecular flexibility index (Phi) is 104. The molecule has 2 aliphatic rings. The number of esters is 2. The summed E-state index contributed by atoms with van der Waals surface area (Å²) < 4.78 is 51.5. The first-order chi connectivity index (χ1) is 54.2. The molecule has 2 aliphatic heterocycles. The fourth-order valence-corrected chi connectivity index (χ4v) is 13.7. The van der Waals surface area contributed by atoms with Gasteiger partial charge in [-0.15, -0.1) is 0 Å². The minimum atomic E-state index is -0.0313. The lowest BCUT2D eigenvalue weighted by atomic mass is 10.0. The highest BCUT2D eigenvalue weighted by Crippen LogP contribution is 2.17. The fourth-order valence-electron chi connectivity index (χ4n) is 13.7. The van der Waals surface area contributed by atoms with Gasteiger partial charge in [0.1, 0.15) is 33.6 Å². The number of carbonyl (C=O) groups is 2. The normalized spacial score (nSPS) is 13.2. The van der Waals surface area contributed by atoms with Gasteiger partial charge in [-0.25, -0.2) is 0 Å². The van der Waals surface area contributed by atoms with E-state index in [1.165, 1.54) is 341 Å². The molecule has 110 heavy (non-hydrogen) atoms. The lowest BCUT2D eigenvalue weighted by molar-refractivity contribution is -0.145. The number of hydrogen-bond acceptors (Lipinski definition) is 17. The molecule has 0 aromatic heterocycles. The number of nitrogens with zero attached hydrogens (tertiary/aromatic N) is 5. The Labute approximate surface area is 685 Å². The predicted molar refractivity (Wildman–Crippen MR) is 469 cm³/mol. The zero-order valence-electron chi connectivity index (χ0n) is 75.7. The number of rotatable bonds is 80. The molecule has 0 saturated carbocycles. The van der Waals surface area contributed by atoms with Crippen molar-refractivity contribution in [3.05, 3.63) is 0 Å². The summed E-state index contributed by atoms with van der Waals surface area (Å²) in [7, 11) is 4.82. The molecule has 2 heterocycles. The van der Waals surface area contributed by atoms with Crippen LogP contribution in [0.25, 0.3) is 0 Å². The Hall–Kier alpha value is -1.58. The van der Waals surface area contributed by atoms with Crippen molar-refractivity contribution in [3.8, 4) is 0 Å². The van der Waals surface area contributed by atoms with E-state index in [1.807, 2.05) is 0 Å². The maximum atomic E-state index is 11.8. The van der Waals surface area contributed by atoms with Crippen LogP contribution in [0, 0.1) is 0 Å². The monoisotopic (exact) mass is 1570 g/mol. The van der Waals surface area contributed by atoms with Crippen molar-refractivity contribution in [2.45, 2.75) is 396 Å². The lowest BCUT2D eigenvalue weighted by Crippen LogP contribution is -2.38. The van der Waals surface area contributed by atoms with Crippen molar-refractivity contribution < 1.29 is 57.0 Å². The van der Waals surface area contributed by atoms with Crippen LogP contribution in [0.4, 0.5) is 0 Å². The van der Waals surface area contributed by atoms with Crippen molar-refractivity contribution >= 4 is 11.9 Å². The van der Waals surface area contributed by atoms with Gasteiger partial charge in [0.05, 0.1) is 46.2 Å². The molecule has 0 amide bonds. The van der Waals surface area contributed by atoms with E-state index >= 15 is 0 Å². The number of morpholine rings is 2. The Morgan fingerprint density at radius 3 is 0.673 bits per heavy atom. The van der Waals surface area contributed by atoms with Gasteiger partial charge in [0.15, 0.2) is 0 Å².